The first-order valence-electron chi connectivity index (χ1n) is 9.42. The van der Waals surface area contributed by atoms with Crippen molar-refractivity contribution in [3.05, 3.63) is 54.1 Å². The number of benzene rings is 2. The highest BCUT2D eigenvalue weighted by atomic mass is 32.2. The Labute approximate surface area is 179 Å². The second-order valence-electron chi connectivity index (χ2n) is 6.41. The summed E-state index contributed by atoms with van der Waals surface area (Å²) in [5, 5.41) is 2.47. The minimum absolute atomic E-state index is 0.00671. The summed E-state index contributed by atoms with van der Waals surface area (Å²) in [6, 6.07) is 11.1. The highest BCUT2D eigenvalue weighted by Crippen LogP contribution is 2.22. The van der Waals surface area contributed by atoms with Crippen LogP contribution in [-0.4, -0.2) is 57.5 Å². The summed E-state index contributed by atoms with van der Waals surface area (Å²) in [6.07, 6.45) is 0. The molecule has 164 valence electrons. The Bertz CT molecular complexity index is 1080. The summed E-state index contributed by atoms with van der Waals surface area (Å²) in [4.78, 5) is 36.9. The lowest BCUT2D eigenvalue weighted by Gasteiger charge is -2.14. The highest BCUT2D eigenvalue weighted by Gasteiger charge is 2.27. The Morgan fingerprint density at radius 2 is 1.84 bits per heavy atom. The molecule has 31 heavy (non-hydrogen) atoms. The van der Waals surface area contributed by atoms with E-state index in [-0.39, 0.29) is 22.7 Å². The van der Waals surface area contributed by atoms with Crippen molar-refractivity contribution >= 4 is 33.6 Å². The summed E-state index contributed by atoms with van der Waals surface area (Å²) < 4.78 is 38.1. The van der Waals surface area contributed by atoms with Crippen molar-refractivity contribution in [1.82, 2.24) is 10.2 Å². The molecular formula is C20H21N3O7S. The lowest BCUT2D eigenvalue weighted by Crippen LogP contribution is -2.37. The molecule has 2 aromatic rings. The van der Waals surface area contributed by atoms with Gasteiger partial charge < -0.3 is 14.8 Å². The molecule has 3 amide bonds. The zero-order chi connectivity index (χ0) is 22.4. The average molecular weight is 447 g/mol. The third-order valence-corrected chi connectivity index (χ3v) is 5.70. The van der Waals surface area contributed by atoms with Crippen LogP contribution < -0.4 is 14.8 Å². The zero-order valence-electron chi connectivity index (χ0n) is 16.7. The van der Waals surface area contributed by atoms with E-state index in [0.717, 1.165) is 4.90 Å². The minimum atomic E-state index is -3.99. The third-order valence-electron chi connectivity index (χ3n) is 4.32. The first kappa shape index (κ1) is 22.1. The normalized spacial score (nSPS) is 13.5. The van der Waals surface area contributed by atoms with E-state index in [2.05, 4.69) is 10.0 Å². The topological polar surface area (TPSA) is 131 Å². The molecule has 3 rings (SSSR count). The van der Waals surface area contributed by atoms with Crippen LogP contribution >= 0.6 is 0 Å². The third kappa shape index (κ3) is 5.31. The van der Waals surface area contributed by atoms with E-state index in [1.807, 2.05) is 6.92 Å². The Morgan fingerprint density at radius 3 is 2.48 bits per heavy atom. The van der Waals surface area contributed by atoms with Gasteiger partial charge in [0, 0.05) is 13.1 Å². The number of carbonyl (C=O) groups is 3. The number of nitrogens with zero attached hydrogens (tertiary/aromatic N) is 1. The van der Waals surface area contributed by atoms with E-state index in [1.165, 1.54) is 42.5 Å². The van der Waals surface area contributed by atoms with Crippen LogP contribution in [0.5, 0.6) is 5.75 Å². The number of hydrogen-bond donors (Lipinski definition) is 2. The number of imide groups is 1. The first-order valence-corrected chi connectivity index (χ1v) is 10.9. The Kier molecular flexibility index (Phi) is 6.75. The number of esters is 1. The van der Waals surface area contributed by atoms with Gasteiger partial charge in [0.2, 0.25) is 0 Å². The van der Waals surface area contributed by atoms with Gasteiger partial charge >= 0.3 is 12.0 Å². The number of carbonyl (C=O) groups excluding carboxylic acids is 3. The molecule has 0 radical (unpaired) electrons. The largest absolute Gasteiger partial charge is 0.494 e. The molecule has 0 aromatic heterocycles. The van der Waals surface area contributed by atoms with Crippen molar-refractivity contribution < 1.29 is 32.3 Å². The smallest absolute Gasteiger partial charge is 0.340 e. The Hall–Kier alpha value is -3.60. The van der Waals surface area contributed by atoms with Gasteiger partial charge in [-0.3, -0.25) is 14.4 Å². The predicted molar refractivity (Wildman–Crippen MR) is 110 cm³/mol. The molecular weight excluding hydrogens is 426 g/mol. The lowest BCUT2D eigenvalue weighted by molar-refractivity contribution is -0.130. The Balaban J connectivity index is 1.71. The summed E-state index contributed by atoms with van der Waals surface area (Å²) in [6.45, 7) is 2.13. The highest BCUT2D eigenvalue weighted by molar-refractivity contribution is 7.92. The molecule has 0 saturated carbocycles. The first-order chi connectivity index (χ1) is 14.8. The number of anilines is 1. The molecule has 2 aromatic carbocycles. The monoisotopic (exact) mass is 447 g/mol. The van der Waals surface area contributed by atoms with E-state index >= 15 is 0 Å². The number of sulfonamides is 1. The standard InChI is InChI=1S/C20H21N3O7S/c1-2-29-14-7-9-15(10-8-14)31(27,28)22-17-6-4-3-5-16(17)19(25)30-13-18(24)23-12-11-21-20(23)26/h3-10,22H,2,11-13H2,1H3,(H,21,26). The van der Waals surface area contributed by atoms with Gasteiger partial charge in [-0.05, 0) is 43.3 Å². The summed E-state index contributed by atoms with van der Waals surface area (Å²) >= 11 is 0. The van der Waals surface area contributed by atoms with Gasteiger partial charge in [0.25, 0.3) is 15.9 Å². The van der Waals surface area contributed by atoms with Crippen molar-refractivity contribution in [2.45, 2.75) is 11.8 Å². The SMILES string of the molecule is CCOc1ccc(S(=O)(=O)Nc2ccccc2C(=O)OCC(=O)N2CCNC2=O)cc1. The molecule has 1 aliphatic heterocycles. The zero-order valence-corrected chi connectivity index (χ0v) is 17.5. The van der Waals surface area contributed by atoms with Crippen molar-refractivity contribution in [2.24, 2.45) is 0 Å². The molecule has 1 saturated heterocycles. The molecule has 0 aliphatic carbocycles. The molecule has 10 nitrogen and oxygen atoms in total. The van der Waals surface area contributed by atoms with E-state index in [0.29, 0.717) is 18.9 Å². The second kappa shape index (κ2) is 9.47. The number of amides is 3. The Morgan fingerprint density at radius 1 is 1.13 bits per heavy atom. The van der Waals surface area contributed by atoms with Gasteiger partial charge in [-0.25, -0.2) is 18.0 Å². The van der Waals surface area contributed by atoms with Crippen LogP contribution in [-0.2, 0) is 19.6 Å². The molecule has 1 heterocycles. The molecule has 0 bridgehead atoms. The predicted octanol–water partition coefficient (Wildman–Crippen LogP) is 1.59. The average Bonchev–Trinajstić information content (AvgIpc) is 3.18. The van der Waals surface area contributed by atoms with Crippen molar-refractivity contribution in [1.29, 1.82) is 0 Å². The van der Waals surface area contributed by atoms with Gasteiger partial charge in [-0.15, -0.1) is 0 Å². The fourth-order valence-corrected chi connectivity index (χ4v) is 3.91. The van der Waals surface area contributed by atoms with Gasteiger partial charge in [0.05, 0.1) is 22.8 Å². The van der Waals surface area contributed by atoms with Gasteiger partial charge in [0.15, 0.2) is 6.61 Å². The van der Waals surface area contributed by atoms with Gasteiger partial charge in [-0.1, -0.05) is 12.1 Å². The lowest BCUT2D eigenvalue weighted by atomic mass is 10.2. The van der Waals surface area contributed by atoms with Gasteiger partial charge in [0.1, 0.15) is 5.75 Å². The number of para-hydroxylation sites is 1. The summed E-state index contributed by atoms with van der Waals surface area (Å²) in [5.74, 6) is -1.05. The molecule has 0 atom stereocenters. The summed E-state index contributed by atoms with van der Waals surface area (Å²) in [5.41, 5.74) is -0.0802. The molecule has 2 N–H and O–H groups in total. The number of nitrogens with one attached hydrogen (secondary N) is 2. The van der Waals surface area contributed by atoms with E-state index in [1.54, 1.807) is 6.07 Å². The van der Waals surface area contributed by atoms with Crippen LogP contribution in [0.15, 0.2) is 53.4 Å². The van der Waals surface area contributed by atoms with Crippen LogP contribution in [0.25, 0.3) is 0 Å². The fourth-order valence-electron chi connectivity index (χ4n) is 2.83. The maximum Gasteiger partial charge on any atom is 0.340 e. The molecule has 11 heteroatoms. The quantitative estimate of drug-likeness (QED) is 0.588. The van der Waals surface area contributed by atoms with E-state index in [9.17, 15) is 22.8 Å². The van der Waals surface area contributed by atoms with Crippen LogP contribution in [0.4, 0.5) is 10.5 Å². The van der Waals surface area contributed by atoms with Crippen LogP contribution in [0.1, 0.15) is 17.3 Å². The van der Waals surface area contributed by atoms with E-state index < -0.39 is 34.5 Å². The van der Waals surface area contributed by atoms with Crippen molar-refractivity contribution in [2.75, 3.05) is 31.0 Å². The van der Waals surface area contributed by atoms with Crippen molar-refractivity contribution in [3.63, 3.8) is 0 Å². The van der Waals surface area contributed by atoms with E-state index in [4.69, 9.17) is 9.47 Å². The van der Waals surface area contributed by atoms with Crippen LogP contribution in [0.2, 0.25) is 0 Å². The van der Waals surface area contributed by atoms with Crippen molar-refractivity contribution in [3.8, 4) is 5.75 Å². The molecule has 1 aliphatic rings. The number of hydrogen-bond acceptors (Lipinski definition) is 7. The maximum absolute atomic E-state index is 12.7. The minimum Gasteiger partial charge on any atom is -0.494 e. The van der Waals surface area contributed by atoms with Crippen LogP contribution in [0.3, 0.4) is 0 Å². The maximum atomic E-state index is 12.7. The fraction of sp³-hybridized carbons (Fsp3) is 0.250. The number of rotatable bonds is 8. The number of ether oxygens (including phenoxy) is 2. The second-order valence-corrected chi connectivity index (χ2v) is 8.09. The van der Waals surface area contributed by atoms with Crippen LogP contribution in [0, 0.1) is 0 Å². The number of urea groups is 1. The molecule has 0 unspecified atom stereocenters. The molecule has 1 fully saturated rings. The summed E-state index contributed by atoms with van der Waals surface area (Å²) in [7, 11) is -3.99. The van der Waals surface area contributed by atoms with Gasteiger partial charge in [-0.2, -0.15) is 0 Å². The molecule has 0 spiro atoms.